The second-order valence-electron chi connectivity index (χ2n) is 6.00. The van der Waals surface area contributed by atoms with Gasteiger partial charge in [0.25, 0.3) is 0 Å². The number of ether oxygens (including phenoxy) is 1. The lowest BCUT2D eigenvalue weighted by molar-refractivity contribution is -0.120. The Hall–Kier alpha value is -1.65. The minimum atomic E-state index is -0.121. The van der Waals surface area contributed by atoms with E-state index in [4.69, 9.17) is 16.3 Å². The molecule has 140 valence electrons. The van der Waals surface area contributed by atoms with Crippen molar-refractivity contribution in [2.45, 2.75) is 43.3 Å². The van der Waals surface area contributed by atoms with E-state index in [9.17, 15) is 4.79 Å². The third-order valence-electron chi connectivity index (χ3n) is 3.89. The zero-order valence-electron chi connectivity index (χ0n) is 15.3. The minimum Gasteiger partial charge on any atom is -0.492 e. The highest BCUT2D eigenvalue weighted by molar-refractivity contribution is 8.00. The molecule has 2 rings (SSSR count). The maximum Gasteiger partial charge on any atom is 0.233 e. The number of hydrogen-bond donors (Lipinski definition) is 1. The van der Waals surface area contributed by atoms with Gasteiger partial charge in [0.2, 0.25) is 5.91 Å². The molecule has 26 heavy (non-hydrogen) atoms. The molecular formula is C21H26ClNO2S. The second kappa shape index (κ2) is 11.1. The van der Waals surface area contributed by atoms with E-state index in [0.717, 1.165) is 29.9 Å². The van der Waals surface area contributed by atoms with Gasteiger partial charge in [-0.1, -0.05) is 44.0 Å². The van der Waals surface area contributed by atoms with Crippen molar-refractivity contribution >= 4 is 29.3 Å². The molecule has 0 spiro atoms. The quantitative estimate of drug-likeness (QED) is 0.437. The summed E-state index contributed by atoms with van der Waals surface area (Å²) in [6, 6.07) is 15.7. The second-order valence-corrected chi connectivity index (χ2v) is 7.71. The Kier molecular flexibility index (Phi) is 8.86. The zero-order chi connectivity index (χ0) is 18.8. The van der Waals surface area contributed by atoms with Gasteiger partial charge in [0.15, 0.2) is 0 Å². The summed E-state index contributed by atoms with van der Waals surface area (Å²) in [5.74, 6) is 0.871. The molecule has 0 saturated carbocycles. The number of halogens is 1. The molecule has 0 heterocycles. The number of carbonyl (C=O) groups is 1. The number of thioether (sulfide) groups is 1. The lowest BCUT2D eigenvalue weighted by Gasteiger charge is -2.15. The third-order valence-corrected chi connectivity index (χ3v) is 5.52. The average Bonchev–Trinajstić information content (AvgIpc) is 2.66. The van der Waals surface area contributed by atoms with Gasteiger partial charge in [0.1, 0.15) is 12.4 Å². The largest absolute Gasteiger partial charge is 0.492 e. The van der Waals surface area contributed by atoms with E-state index >= 15 is 0 Å². The van der Waals surface area contributed by atoms with Gasteiger partial charge in [-0.05, 0) is 54.8 Å². The van der Waals surface area contributed by atoms with E-state index in [1.807, 2.05) is 43.3 Å². The van der Waals surface area contributed by atoms with Crippen molar-refractivity contribution in [1.29, 1.82) is 0 Å². The molecule has 0 bridgehead atoms. The molecule has 1 amide bonds. The van der Waals surface area contributed by atoms with Crippen LogP contribution in [0.4, 0.5) is 0 Å². The maximum atomic E-state index is 12.4. The maximum absolute atomic E-state index is 12.4. The van der Waals surface area contributed by atoms with Gasteiger partial charge < -0.3 is 10.1 Å². The summed E-state index contributed by atoms with van der Waals surface area (Å²) in [4.78, 5) is 13.4. The highest BCUT2D eigenvalue weighted by Gasteiger charge is 2.17. The number of rotatable bonds is 10. The van der Waals surface area contributed by atoms with Crippen LogP contribution in [0, 0.1) is 0 Å². The molecule has 0 fully saturated rings. The van der Waals surface area contributed by atoms with Crippen LogP contribution >= 0.6 is 23.4 Å². The van der Waals surface area contributed by atoms with Crippen molar-refractivity contribution in [2.24, 2.45) is 0 Å². The molecule has 0 aliphatic heterocycles. The van der Waals surface area contributed by atoms with Crippen LogP contribution in [0.15, 0.2) is 53.4 Å². The van der Waals surface area contributed by atoms with Gasteiger partial charge >= 0.3 is 0 Å². The molecule has 0 aromatic heterocycles. The fourth-order valence-electron chi connectivity index (χ4n) is 2.50. The summed E-state index contributed by atoms with van der Waals surface area (Å²) in [5, 5.41) is 3.54. The summed E-state index contributed by atoms with van der Waals surface area (Å²) in [6.07, 6.45) is 2.98. The van der Waals surface area contributed by atoms with Gasteiger partial charge in [0, 0.05) is 9.92 Å². The first-order valence-electron chi connectivity index (χ1n) is 9.04. The lowest BCUT2D eigenvalue weighted by Crippen LogP contribution is -2.35. The Morgan fingerprint density at radius 3 is 2.42 bits per heavy atom. The van der Waals surface area contributed by atoms with Crippen molar-refractivity contribution in [1.82, 2.24) is 5.32 Å². The summed E-state index contributed by atoms with van der Waals surface area (Å²) < 4.78 is 5.70. The number of nitrogens with one attached hydrogen (secondary N) is 1. The van der Waals surface area contributed by atoms with Crippen LogP contribution < -0.4 is 10.1 Å². The van der Waals surface area contributed by atoms with Crippen LogP contribution in [0.5, 0.6) is 5.75 Å². The van der Waals surface area contributed by atoms with E-state index in [1.165, 1.54) is 5.56 Å². The minimum absolute atomic E-state index is 0.0364. The molecule has 0 radical (unpaired) electrons. The van der Waals surface area contributed by atoms with E-state index in [-0.39, 0.29) is 11.2 Å². The highest BCUT2D eigenvalue weighted by Crippen LogP contribution is 2.26. The normalized spacial score (nSPS) is 11.8. The SMILES string of the molecule is CCCc1ccc(OCCNC(=O)[C@H](CC)Sc2ccc(Cl)cc2)cc1. The predicted molar refractivity (Wildman–Crippen MR) is 110 cm³/mol. The Morgan fingerprint density at radius 2 is 1.81 bits per heavy atom. The topological polar surface area (TPSA) is 38.3 Å². The fourth-order valence-corrected chi connectivity index (χ4v) is 3.60. The first-order chi connectivity index (χ1) is 12.6. The molecule has 2 aromatic carbocycles. The van der Waals surface area contributed by atoms with E-state index in [0.29, 0.717) is 18.2 Å². The van der Waals surface area contributed by atoms with Crippen molar-refractivity contribution < 1.29 is 9.53 Å². The van der Waals surface area contributed by atoms with Crippen molar-refractivity contribution in [2.75, 3.05) is 13.2 Å². The smallest absolute Gasteiger partial charge is 0.233 e. The standard InChI is InChI=1S/C21H26ClNO2S/c1-3-5-16-6-10-18(11-7-16)25-15-14-23-21(24)20(4-2)26-19-12-8-17(22)9-13-19/h6-13,20H,3-5,14-15H2,1-2H3,(H,23,24)/t20-/m0/s1. The monoisotopic (exact) mass is 391 g/mol. The average molecular weight is 392 g/mol. The molecule has 0 unspecified atom stereocenters. The van der Waals surface area contributed by atoms with Crippen molar-refractivity contribution in [3.63, 3.8) is 0 Å². The number of amides is 1. The first kappa shape index (κ1) is 20.7. The number of aryl methyl sites for hydroxylation is 1. The van der Waals surface area contributed by atoms with E-state index in [1.54, 1.807) is 11.8 Å². The summed E-state index contributed by atoms with van der Waals surface area (Å²) in [6.45, 7) is 5.14. The van der Waals surface area contributed by atoms with Gasteiger partial charge in [-0.25, -0.2) is 0 Å². The van der Waals surface area contributed by atoms with Crippen LogP contribution in [0.1, 0.15) is 32.3 Å². The van der Waals surface area contributed by atoms with Crippen LogP contribution in [0.3, 0.4) is 0 Å². The van der Waals surface area contributed by atoms with Gasteiger partial charge in [-0.2, -0.15) is 0 Å². The summed E-state index contributed by atoms with van der Waals surface area (Å²) >= 11 is 7.46. The number of carbonyl (C=O) groups excluding carboxylic acids is 1. The number of hydrogen-bond acceptors (Lipinski definition) is 3. The molecule has 1 atom stereocenters. The molecule has 0 aliphatic carbocycles. The van der Waals surface area contributed by atoms with Crippen molar-refractivity contribution in [3.8, 4) is 5.75 Å². The molecular weight excluding hydrogens is 366 g/mol. The first-order valence-corrected chi connectivity index (χ1v) is 10.3. The summed E-state index contributed by atoms with van der Waals surface area (Å²) in [7, 11) is 0. The van der Waals surface area contributed by atoms with Gasteiger partial charge in [-0.15, -0.1) is 11.8 Å². The van der Waals surface area contributed by atoms with Crippen molar-refractivity contribution in [3.05, 3.63) is 59.1 Å². The molecule has 0 aliphatic rings. The van der Waals surface area contributed by atoms with E-state index in [2.05, 4.69) is 24.4 Å². The molecule has 0 saturated heterocycles. The van der Waals surface area contributed by atoms with Crippen LogP contribution in [0.2, 0.25) is 5.02 Å². The molecule has 3 nitrogen and oxygen atoms in total. The summed E-state index contributed by atoms with van der Waals surface area (Å²) in [5.41, 5.74) is 1.32. The molecule has 5 heteroatoms. The van der Waals surface area contributed by atoms with Gasteiger partial charge in [-0.3, -0.25) is 4.79 Å². The van der Waals surface area contributed by atoms with Crippen LogP contribution in [0.25, 0.3) is 0 Å². The van der Waals surface area contributed by atoms with E-state index < -0.39 is 0 Å². The molecule has 1 N–H and O–H groups in total. The lowest BCUT2D eigenvalue weighted by atomic mass is 10.1. The fraction of sp³-hybridized carbons (Fsp3) is 0.381. The zero-order valence-corrected chi connectivity index (χ0v) is 16.9. The van der Waals surface area contributed by atoms with Crippen LogP contribution in [-0.4, -0.2) is 24.3 Å². The van der Waals surface area contributed by atoms with Crippen LogP contribution in [-0.2, 0) is 11.2 Å². The highest BCUT2D eigenvalue weighted by atomic mass is 35.5. The third kappa shape index (κ3) is 6.93. The Bertz CT molecular complexity index is 673. The van der Waals surface area contributed by atoms with Gasteiger partial charge in [0.05, 0.1) is 11.8 Å². The Balaban J connectivity index is 1.73. The predicted octanol–water partition coefficient (Wildman–Crippen LogP) is 5.36. The molecule has 2 aromatic rings. The number of benzene rings is 2. The Labute approximate surface area is 165 Å². The Morgan fingerprint density at radius 1 is 1.12 bits per heavy atom.